The summed E-state index contributed by atoms with van der Waals surface area (Å²) in [5.74, 6) is 0.0641. The molecule has 0 saturated carbocycles. The summed E-state index contributed by atoms with van der Waals surface area (Å²) < 4.78 is 14.9. The summed E-state index contributed by atoms with van der Waals surface area (Å²) in [4.78, 5) is 18.9. The van der Waals surface area contributed by atoms with E-state index < -0.39 is 4.92 Å². The summed E-state index contributed by atoms with van der Waals surface area (Å²) in [5.41, 5.74) is 3.37. The van der Waals surface area contributed by atoms with Gasteiger partial charge in [-0.3, -0.25) is 15.1 Å². The van der Waals surface area contributed by atoms with E-state index in [9.17, 15) is 14.5 Å². The van der Waals surface area contributed by atoms with E-state index in [2.05, 4.69) is 30.7 Å². The Balaban J connectivity index is 1.49. The van der Waals surface area contributed by atoms with Crippen LogP contribution in [0.25, 0.3) is 0 Å². The molecule has 0 spiro atoms. The highest BCUT2D eigenvalue weighted by molar-refractivity contribution is 7.99. The zero-order chi connectivity index (χ0) is 23.8. The lowest BCUT2D eigenvalue weighted by Crippen LogP contribution is -2.45. The van der Waals surface area contributed by atoms with Gasteiger partial charge in [-0.1, -0.05) is 18.7 Å². The van der Waals surface area contributed by atoms with Gasteiger partial charge in [0, 0.05) is 52.0 Å². The second-order valence-corrected chi connectivity index (χ2v) is 10.2. The summed E-state index contributed by atoms with van der Waals surface area (Å²) in [6.07, 6.45) is 2.59. The van der Waals surface area contributed by atoms with Gasteiger partial charge in [0.2, 0.25) is 0 Å². The number of benzene rings is 3. The van der Waals surface area contributed by atoms with Gasteiger partial charge in [-0.2, -0.15) is 0 Å². The molecule has 1 unspecified atom stereocenters. The van der Waals surface area contributed by atoms with Crippen molar-refractivity contribution in [1.29, 1.82) is 0 Å². The van der Waals surface area contributed by atoms with Crippen LogP contribution in [0, 0.1) is 15.9 Å². The minimum absolute atomic E-state index is 0.0112. The number of nitro benzene ring substituents is 1. The standard InChI is InChI=1S/C26H26FN3O2S/c1-17-15-26(2,3)29(4)25-14-24(27)18(13-23(17)25)16-28-19-5-9-21(10-6-19)33-22-11-7-20(8-12-22)30(31)32/h5-14,16-17H,15H2,1-4H3. The van der Waals surface area contributed by atoms with Gasteiger partial charge in [0.25, 0.3) is 5.69 Å². The quantitative estimate of drug-likeness (QED) is 0.225. The van der Waals surface area contributed by atoms with Crippen LogP contribution in [0.4, 0.5) is 21.5 Å². The van der Waals surface area contributed by atoms with Crippen LogP contribution in [0.1, 0.15) is 44.2 Å². The third kappa shape index (κ3) is 4.93. The van der Waals surface area contributed by atoms with Crippen molar-refractivity contribution in [1.82, 2.24) is 0 Å². The highest BCUT2D eigenvalue weighted by atomic mass is 32.2. The molecule has 1 atom stereocenters. The second-order valence-electron chi connectivity index (χ2n) is 9.01. The fraction of sp³-hybridized carbons (Fsp3) is 0.269. The number of fused-ring (bicyclic) bond motifs is 1. The van der Waals surface area contributed by atoms with Crippen LogP contribution in [0.5, 0.6) is 0 Å². The number of rotatable bonds is 5. The van der Waals surface area contributed by atoms with Crippen LogP contribution < -0.4 is 4.90 Å². The van der Waals surface area contributed by atoms with Gasteiger partial charge in [-0.25, -0.2) is 4.39 Å². The third-order valence-electron chi connectivity index (χ3n) is 6.22. The fourth-order valence-electron chi connectivity index (χ4n) is 4.22. The lowest BCUT2D eigenvalue weighted by atomic mass is 9.80. The highest BCUT2D eigenvalue weighted by Gasteiger charge is 2.34. The smallest absolute Gasteiger partial charge is 0.269 e. The lowest BCUT2D eigenvalue weighted by molar-refractivity contribution is -0.384. The van der Waals surface area contributed by atoms with E-state index in [1.165, 1.54) is 23.9 Å². The monoisotopic (exact) mass is 463 g/mol. The molecule has 0 aromatic heterocycles. The molecule has 3 aromatic rings. The van der Waals surface area contributed by atoms with E-state index in [0.29, 0.717) is 11.5 Å². The van der Waals surface area contributed by atoms with Gasteiger partial charge < -0.3 is 4.90 Å². The van der Waals surface area contributed by atoms with Gasteiger partial charge in [0.05, 0.1) is 10.6 Å². The second kappa shape index (κ2) is 8.98. The first-order valence-corrected chi connectivity index (χ1v) is 11.6. The largest absolute Gasteiger partial charge is 0.369 e. The van der Waals surface area contributed by atoms with Crippen LogP contribution in [-0.2, 0) is 0 Å². The minimum Gasteiger partial charge on any atom is -0.369 e. The Kier molecular flexibility index (Phi) is 6.26. The van der Waals surface area contributed by atoms with Gasteiger partial charge >= 0.3 is 0 Å². The Hall–Kier alpha value is -3.19. The molecule has 7 heteroatoms. The van der Waals surface area contributed by atoms with Crippen molar-refractivity contribution in [2.45, 2.75) is 48.4 Å². The summed E-state index contributed by atoms with van der Waals surface area (Å²) >= 11 is 1.51. The van der Waals surface area contributed by atoms with Crippen LogP contribution >= 0.6 is 11.8 Å². The summed E-state index contributed by atoms with van der Waals surface area (Å²) in [6.45, 7) is 6.56. The minimum atomic E-state index is -0.410. The van der Waals surface area contributed by atoms with Crippen molar-refractivity contribution in [3.63, 3.8) is 0 Å². The number of nitrogens with zero attached hydrogens (tertiary/aromatic N) is 3. The SMILES string of the molecule is CC1CC(C)(C)N(C)c2cc(F)c(C=Nc3ccc(Sc4ccc([N+](=O)[O-])cc4)cc3)cc21. The van der Waals surface area contributed by atoms with Crippen molar-refractivity contribution in [2.75, 3.05) is 11.9 Å². The lowest BCUT2D eigenvalue weighted by Gasteiger charge is -2.45. The average Bonchev–Trinajstić information content (AvgIpc) is 2.77. The first kappa shape index (κ1) is 23.0. The first-order valence-electron chi connectivity index (χ1n) is 10.8. The van der Waals surface area contributed by atoms with Crippen LogP contribution in [0.15, 0.2) is 75.4 Å². The van der Waals surface area contributed by atoms with Gasteiger partial charge in [0.15, 0.2) is 0 Å². The normalized spacial score (nSPS) is 17.2. The van der Waals surface area contributed by atoms with Crippen molar-refractivity contribution in [3.05, 3.63) is 87.7 Å². The van der Waals surface area contributed by atoms with Crippen molar-refractivity contribution in [3.8, 4) is 0 Å². The Morgan fingerprint density at radius 1 is 1.12 bits per heavy atom. The zero-order valence-corrected chi connectivity index (χ0v) is 19.9. The number of anilines is 1. The van der Waals surface area contributed by atoms with Gasteiger partial charge in [0.1, 0.15) is 5.82 Å². The van der Waals surface area contributed by atoms with Gasteiger partial charge in [-0.05, 0) is 80.3 Å². The van der Waals surface area contributed by atoms with E-state index in [1.54, 1.807) is 24.4 Å². The maximum Gasteiger partial charge on any atom is 0.269 e. The molecule has 0 bridgehead atoms. The van der Waals surface area contributed by atoms with E-state index >= 15 is 0 Å². The predicted molar refractivity (Wildman–Crippen MR) is 133 cm³/mol. The van der Waals surface area contributed by atoms with E-state index in [-0.39, 0.29) is 17.0 Å². The topological polar surface area (TPSA) is 58.7 Å². The van der Waals surface area contributed by atoms with Crippen molar-refractivity contribution in [2.24, 2.45) is 4.99 Å². The molecule has 0 saturated heterocycles. The third-order valence-corrected chi connectivity index (χ3v) is 7.24. The Bertz CT molecular complexity index is 1210. The summed E-state index contributed by atoms with van der Waals surface area (Å²) in [7, 11) is 2.02. The zero-order valence-electron chi connectivity index (χ0n) is 19.1. The molecule has 0 amide bonds. The molecule has 1 aliphatic heterocycles. The predicted octanol–water partition coefficient (Wildman–Crippen LogP) is 7.36. The Morgan fingerprint density at radius 3 is 2.33 bits per heavy atom. The molecule has 0 fully saturated rings. The number of halogens is 1. The molecule has 1 heterocycles. The molecular formula is C26H26FN3O2S. The first-order chi connectivity index (χ1) is 15.6. The Labute approximate surface area is 197 Å². The molecule has 5 nitrogen and oxygen atoms in total. The average molecular weight is 464 g/mol. The summed E-state index contributed by atoms with van der Waals surface area (Å²) in [5, 5.41) is 10.8. The summed E-state index contributed by atoms with van der Waals surface area (Å²) in [6, 6.07) is 17.6. The van der Waals surface area contributed by atoms with E-state index in [1.807, 2.05) is 37.4 Å². The number of nitro groups is 1. The van der Waals surface area contributed by atoms with Crippen molar-refractivity contribution >= 4 is 35.0 Å². The molecule has 4 rings (SSSR count). The molecule has 33 heavy (non-hydrogen) atoms. The molecule has 170 valence electrons. The van der Waals surface area contributed by atoms with Crippen molar-refractivity contribution < 1.29 is 9.31 Å². The van der Waals surface area contributed by atoms with Crippen LogP contribution in [0.2, 0.25) is 0 Å². The maximum absolute atomic E-state index is 14.9. The molecule has 0 aliphatic carbocycles. The van der Waals surface area contributed by atoms with Gasteiger partial charge in [-0.15, -0.1) is 0 Å². The number of non-ortho nitro benzene ring substituents is 1. The fourth-order valence-corrected chi connectivity index (χ4v) is 5.04. The molecule has 0 N–H and O–H groups in total. The highest BCUT2D eigenvalue weighted by Crippen LogP contribution is 2.43. The van der Waals surface area contributed by atoms with E-state index in [0.717, 1.165) is 33.2 Å². The molecule has 0 radical (unpaired) electrons. The Morgan fingerprint density at radius 2 is 1.73 bits per heavy atom. The van der Waals surface area contributed by atoms with Crippen LogP contribution in [-0.4, -0.2) is 23.7 Å². The molecule has 1 aliphatic rings. The number of aliphatic imine (C=N–C) groups is 1. The number of hydrogen-bond acceptors (Lipinski definition) is 5. The molecule has 3 aromatic carbocycles. The maximum atomic E-state index is 14.9. The number of hydrogen-bond donors (Lipinski definition) is 0. The van der Waals surface area contributed by atoms with Crippen LogP contribution in [0.3, 0.4) is 0 Å². The van der Waals surface area contributed by atoms with E-state index in [4.69, 9.17) is 0 Å². The molecular weight excluding hydrogens is 437 g/mol.